The Bertz CT molecular complexity index is 1030. The summed E-state index contributed by atoms with van der Waals surface area (Å²) in [5, 5.41) is 10.5. The summed E-state index contributed by atoms with van der Waals surface area (Å²) < 4.78 is 20.9. The lowest BCUT2D eigenvalue weighted by atomic mass is 10.1. The molecule has 0 saturated carbocycles. The molecule has 0 fully saturated rings. The smallest absolute Gasteiger partial charge is 0.271 e. The molecule has 0 radical (unpaired) electrons. The number of amides is 1. The Balaban J connectivity index is 1.91. The van der Waals surface area contributed by atoms with Crippen LogP contribution in [0.5, 0.6) is 5.75 Å². The average Bonchev–Trinajstić information content (AvgIpc) is 3.02. The second-order valence-electron chi connectivity index (χ2n) is 5.96. The molecule has 1 aliphatic rings. The third kappa shape index (κ3) is 2.82. The number of pyridine rings is 1. The molecule has 138 valence electrons. The minimum absolute atomic E-state index is 0.0438. The number of benzene rings is 1. The van der Waals surface area contributed by atoms with Gasteiger partial charge >= 0.3 is 0 Å². The van der Waals surface area contributed by atoms with Crippen LogP contribution >= 0.6 is 0 Å². The molecule has 2 aromatic heterocycles. The van der Waals surface area contributed by atoms with Gasteiger partial charge in [-0.15, -0.1) is 0 Å². The third-order valence-electron chi connectivity index (χ3n) is 4.31. The van der Waals surface area contributed by atoms with Crippen molar-refractivity contribution in [2.24, 2.45) is 0 Å². The Morgan fingerprint density at radius 2 is 2.22 bits per heavy atom. The molecule has 0 unspecified atom stereocenters. The lowest BCUT2D eigenvalue weighted by Crippen LogP contribution is -2.35. The molecule has 0 atom stereocenters. The van der Waals surface area contributed by atoms with Crippen molar-refractivity contribution < 1.29 is 13.9 Å². The molecule has 8 nitrogen and oxygen atoms in total. The summed E-state index contributed by atoms with van der Waals surface area (Å²) in [7, 11) is 1.38. The van der Waals surface area contributed by atoms with Crippen molar-refractivity contribution >= 4 is 23.0 Å². The zero-order valence-corrected chi connectivity index (χ0v) is 14.5. The van der Waals surface area contributed by atoms with Crippen molar-refractivity contribution in [2.75, 3.05) is 24.7 Å². The van der Waals surface area contributed by atoms with Gasteiger partial charge in [0, 0.05) is 18.3 Å². The summed E-state index contributed by atoms with van der Waals surface area (Å²) in [6, 6.07) is 6.23. The number of hydrogen-bond acceptors (Lipinski definition) is 6. The number of fused-ring (bicyclic) bond motifs is 1. The minimum Gasteiger partial charge on any atom is -0.492 e. The van der Waals surface area contributed by atoms with Gasteiger partial charge in [-0.05, 0) is 18.2 Å². The standard InChI is InChI=1S/C18H17FN6O2/c1-27-17-11(19)3-2-4-13(17)23-15-14(10-5-6-21-9-12(10)20)24-25-8-7-22-18(26)16(15)25/h2-6,9,23H,7-8,20H2,1H3,(H,22,26). The van der Waals surface area contributed by atoms with Gasteiger partial charge in [-0.1, -0.05) is 6.07 Å². The second kappa shape index (κ2) is 6.60. The van der Waals surface area contributed by atoms with E-state index in [0.717, 1.165) is 0 Å². The van der Waals surface area contributed by atoms with Gasteiger partial charge in [0.2, 0.25) is 0 Å². The Kier molecular flexibility index (Phi) is 4.11. The number of aromatic nitrogens is 3. The fourth-order valence-corrected chi connectivity index (χ4v) is 3.09. The van der Waals surface area contributed by atoms with Crippen molar-refractivity contribution in [1.82, 2.24) is 20.1 Å². The van der Waals surface area contributed by atoms with Crippen LogP contribution in [0.3, 0.4) is 0 Å². The van der Waals surface area contributed by atoms with Crippen LogP contribution < -0.4 is 21.1 Å². The lowest BCUT2D eigenvalue weighted by molar-refractivity contribution is 0.0925. The SMILES string of the molecule is COc1c(F)cccc1Nc1c(-c2ccncc2N)nn2c1C(=O)NCC2. The first-order valence-corrected chi connectivity index (χ1v) is 8.28. The van der Waals surface area contributed by atoms with Gasteiger partial charge in [-0.25, -0.2) is 4.39 Å². The number of methoxy groups -OCH3 is 1. The summed E-state index contributed by atoms with van der Waals surface area (Å²) >= 11 is 0. The number of ether oxygens (including phenoxy) is 1. The van der Waals surface area contributed by atoms with Crippen LogP contribution in [0, 0.1) is 5.82 Å². The van der Waals surface area contributed by atoms with Gasteiger partial charge < -0.3 is 21.1 Å². The molecule has 4 rings (SSSR count). The van der Waals surface area contributed by atoms with E-state index < -0.39 is 5.82 Å². The third-order valence-corrected chi connectivity index (χ3v) is 4.31. The summed E-state index contributed by atoms with van der Waals surface area (Å²) in [6.45, 7) is 0.989. The number of nitrogens with two attached hydrogens (primary N) is 1. The molecule has 1 amide bonds. The van der Waals surface area contributed by atoms with Crippen LogP contribution in [-0.4, -0.2) is 34.3 Å². The Labute approximate surface area is 154 Å². The minimum atomic E-state index is -0.516. The maximum absolute atomic E-state index is 14.1. The molecule has 3 heterocycles. The highest BCUT2D eigenvalue weighted by Crippen LogP contribution is 2.38. The molecule has 0 bridgehead atoms. The summed E-state index contributed by atoms with van der Waals surface area (Å²) in [5.74, 6) is -0.745. The summed E-state index contributed by atoms with van der Waals surface area (Å²) in [5.41, 5.74) is 8.73. The van der Waals surface area contributed by atoms with E-state index >= 15 is 0 Å². The Morgan fingerprint density at radius 1 is 1.37 bits per heavy atom. The highest BCUT2D eigenvalue weighted by molar-refractivity contribution is 6.03. The lowest BCUT2D eigenvalue weighted by Gasteiger charge is -2.17. The van der Waals surface area contributed by atoms with E-state index in [2.05, 4.69) is 20.7 Å². The maximum atomic E-state index is 14.1. The Morgan fingerprint density at radius 3 is 3.00 bits per heavy atom. The van der Waals surface area contributed by atoms with Crippen molar-refractivity contribution in [3.63, 3.8) is 0 Å². The zero-order valence-electron chi connectivity index (χ0n) is 14.5. The topological polar surface area (TPSA) is 107 Å². The molecule has 4 N–H and O–H groups in total. The normalized spacial score (nSPS) is 13.0. The fraction of sp³-hybridized carbons (Fsp3) is 0.167. The zero-order chi connectivity index (χ0) is 19.0. The molecular formula is C18H17FN6O2. The number of nitrogens with zero attached hydrogens (tertiary/aromatic N) is 3. The van der Waals surface area contributed by atoms with Gasteiger partial charge in [-0.2, -0.15) is 5.10 Å². The number of anilines is 3. The van der Waals surface area contributed by atoms with Gasteiger partial charge in [-0.3, -0.25) is 14.5 Å². The van der Waals surface area contributed by atoms with Crippen LogP contribution in [0.2, 0.25) is 0 Å². The van der Waals surface area contributed by atoms with E-state index in [1.165, 1.54) is 19.4 Å². The first-order chi connectivity index (χ1) is 13.1. The van der Waals surface area contributed by atoms with E-state index in [-0.39, 0.29) is 11.7 Å². The van der Waals surface area contributed by atoms with Crippen LogP contribution in [0.15, 0.2) is 36.7 Å². The molecule has 1 aliphatic heterocycles. The van der Waals surface area contributed by atoms with Crippen molar-refractivity contribution in [1.29, 1.82) is 0 Å². The van der Waals surface area contributed by atoms with Crippen LogP contribution in [0.25, 0.3) is 11.3 Å². The largest absolute Gasteiger partial charge is 0.492 e. The molecule has 0 spiro atoms. The number of para-hydroxylation sites is 1. The Hall–Kier alpha value is -3.62. The van der Waals surface area contributed by atoms with Crippen LogP contribution in [-0.2, 0) is 6.54 Å². The predicted molar refractivity (Wildman–Crippen MR) is 98.4 cm³/mol. The monoisotopic (exact) mass is 368 g/mol. The predicted octanol–water partition coefficient (Wildman–Crippen LogP) is 2.16. The van der Waals surface area contributed by atoms with Gasteiger partial charge in [0.1, 0.15) is 11.4 Å². The average molecular weight is 368 g/mol. The highest BCUT2D eigenvalue weighted by Gasteiger charge is 2.28. The number of hydrogen-bond donors (Lipinski definition) is 3. The van der Waals surface area contributed by atoms with Crippen molar-refractivity contribution in [3.8, 4) is 17.0 Å². The highest BCUT2D eigenvalue weighted by atomic mass is 19.1. The van der Waals surface area contributed by atoms with E-state index in [1.807, 2.05) is 0 Å². The van der Waals surface area contributed by atoms with Gasteiger partial charge in [0.15, 0.2) is 11.6 Å². The number of carbonyl (C=O) groups excluding carboxylic acids is 1. The molecule has 1 aromatic carbocycles. The first-order valence-electron chi connectivity index (χ1n) is 8.28. The quantitative estimate of drug-likeness (QED) is 0.651. The van der Waals surface area contributed by atoms with Gasteiger partial charge in [0.05, 0.1) is 36.9 Å². The molecule has 9 heteroatoms. The van der Waals surface area contributed by atoms with E-state index in [1.54, 1.807) is 29.1 Å². The second-order valence-corrected chi connectivity index (χ2v) is 5.96. The van der Waals surface area contributed by atoms with E-state index in [9.17, 15) is 9.18 Å². The summed E-state index contributed by atoms with van der Waals surface area (Å²) in [6.07, 6.45) is 3.11. The maximum Gasteiger partial charge on any atom is 0.271 e. The molecule has 3 aromatic rings. The molecule has 0 aliphatic carbocycles. The number of carbonyl (C=O) groups is 1. The first kappa shape index (κ1) is 16.8. The van der Waals surface area contributed by atoms with Gasteiger partial charge in [0.25, 0.3) is 5.91 Å². The van der Waals surface area contributed by atoms with E-state index in [0.29, 0.717) is 47.1 Å². The number of halogens is 1. The van der Waals surface area contributed by atoms with Crippen molar-refractivity contribution in [3.05, 3.63) is 48.2 Å². The van der Waals surface area contributed by atoms with Crippen LogP contribution in [0.4, 0.5) is 21.5 Å². The van der Waals surface area contributed by atoms with Crippen LogP contribution in [0.1, 0.15) is 10.5 Å². The number of nitrogen functional groups attached to an aromatic ring is 1. The van der Waals surface area contributed by atoms with E-state index in [4.69, 9.17) is 10.5 Å². The summed E-state index contributed by atoms with van der Waals surface area (Å²) in [4.78, 5) is 16.5. The number of rotatable bonds is 4. The molecule has 0 saturated heterocycles. The fourth-order valence-electron chi connectivity index (χ4n) is 3.09. The van der Waals surface area contributed by atoms with Crippen molar-refractivity contribution in [2.45, 2.75) is 6.54 Å². The molecular weight excluding hydrogens is 351 g/mol. The number of nitrogens with one attached hydrogen (secondary N) is 2. The molecule has 27 heavy (non-hydrogen) atoms.